The summed E-state index contributed by atoms with van der Waals surface area (Å²) in [7, 11) is -3.54. The van der Waals surface area contributed by atoms with Crippen LogP contribution in [0.25, 0.3) is 0 Å². The van der Waals surface area contributed by atoms with Gasteiger partial charge in [0.05, 0.1) is 18.1 Å². The van der Waals surface area contributed by atoms with Crippen molar-refractivity contribution in [3.63, 3.8) is 0 Å². The van der Waals surface area contributed by atoms with Gasteiger partial charge in [0.15, 0.2) is 0 Å². The molecule has 8 heteroatoms. The summed E-state index contributed by atoms with van der Waals surface area (Å²) in [6.45, 7) is 4.49. The zero-order valence-corrected chi connectivity index (χ0v) is 12.0. The number of aromatic amines is 1. The van der Waals surface area contributed by atoms with Crippen molar-refractivity contribution in [2.45, 2.75) is 11.3 Å². The highest BCUT2D eigenvalue weighted by Crippen LogP contribution is 2.04. The predicted molar refractivity (Wildman–Crippen MR) is 74.1 cm³/mol. The minimum atomic E-state index is -3.54. The molecule has 0 aliphatic carbocycles. The number of aromatic nitrogens is 1. The van der Waals surface area contributed by atoms with Crippen molar-refractivity contribution < 1.29 is 13.2 Å². The number of pyridine rings is 1. The minimum absolute atomic E-state index is 0.0727. The Balaban J connectivity index is 1.77. The van der Waals surface area contributed by atoms with Gasteiger partial charge in [-0.1, -0.05) is 0 Å². The zero-order valence-electron chi connectivity index (χ0n) is 11.2. The molecule has 1 aliphatic heterocycles. The second kappa shape index (κ2) is 6.98. The largest absolute Gasteiger partial charge is 0.379 e. The summed E-state index contributed by atoms with van der Waals surface area (Å²) in [5.41, 5.74) is -0.323. The summed E-state index contributed by atoms with van der Waals surface area (Å²) >= 11 is 0. The highest BCUT2D eigenvalue weighted by molar-refractivity contribution is 7.89. The number of H-pyrrole nitrogens is 1. The lowest BCUT2D eigenvalue weighted by Gasteiger charge is -2.26. The van der Waals surface area contributed by atoms with Crippen molar-refractivity contribution in [2.75, 3.05) is 39.4 Å². The van der Waals surface area contributed by atoms with E-state index in [0.29, 0.717) is 6.54 Å². The average molecular weight is 301 g/mol. The van der Waals surface area contributed by atoms with Gasteiger partial charge in [-0.25, -0.2) is 13.1 Å². The van der Waals surface area contributed by atoms with Crippen molar-refractivity contribution >= 4 is 10.0 Å². The van der Waals surface area contributed by atoms with Gasteiger partial charge in [-0.3, -0.25) is 9.69 Å². The van der Waals surface area contributed by atoms with Crippen LogP contribution in [0.3, 0.4) is 0 Å². The molecule has 0 atom stereocenters. The van der Waals surface area contributed by atoms with Crippen LogP contribution in [0, 0.1) is 0 Å². The molecule has 1 aromatic heterocycles. The molecule has 2 heterocycles. The number of morpholine rings is 1. The van der Waals surface area contributed by atoms with Gasteiger partial charge in [-0.2, -0.15) is 0 Å². The molecule has 1 fully saturated rings. The third-order valence-corrected chi connectivity index (χ3v) is 4.57. The number of ether oxygens (including phenoxy) is 1. The van der Waals surface area contributed by atoms with Crippen LogP contribution in [0.4, 0.5) is 0 Å². The maximum Gasteiger partial charge on any atom is 0.247 e. The Morgan fingerprint density at radius 1 is 1.30 bits per heavy atom. The molecule has 0 aromatic carbocycles. The highest BCUT2D eigenvalue weighted by Gasteiger charge is 2.14. The standard InChI is InChI=1S/C12H19N3O4S/c16-12-3-2-11(10-13-12)20(17,18)14-4-1-5-15-6-8-19-9-7-15/h2-3,10,14H,1,4-9H2,(H,13,16). The van der Waals surface area contributed by atoms with E-state index in [1.54, 1.807) is 0 Å². The van der Waals surface area contributed by atoms with E-state index in [9.17, 15) is 13.2 Å². The van der Waals surface area contributed by atoms with Crippen LogP contribution in [0.1, 0.15) is 6.42 Å². The first-order valence-corrected chi connectivity index (χ1v) is 8.05. The van der Waals surface area contributed by atoms with E-state index in [0.717, 1.165) is 39.3 Å². The first kappa shape index (κ1) is 15.2. The molecular formula is C12H19N3O4S. The molecule has 112 valence electrons. The van der Waals surface area contributed by atoms with E-state index in [1.165, 1.54) is 18.3 Å². The molecule has 20 heavy (non-hydrogen) atoms. The fourth-order valence-electron chi connectivity index (χ4n) is 1.98. The Morgan fingerprint density at radius 3 is 2.70 bits per heavy atom. The smallest absolute Gasteiger partial charge is 0.247 e. The lowest BCUT2D eigenvalue weighted by molar-refractivity contribution is 0.0376. The second-order valence-electron chi connectivity index (χ2n) is 4.59. The van der Waals surface area contributed by atoms with Crippen LogP contribution < -0.4 is 10.3 Å². The molecule has 0 saturated carbocycles. The Bertz CT molecular complexity index is 558. The SMILES string of the molecule is O=c1ccc(S(=O)(=O)NCCCN2CCOCC2)c[nH]1. The third-order valence-electron chi connectivity index (χ3n) is 3.11. The summed E-state index contributed by atoms with van der Waals surface area (Å²) in [5.74, 6) is 0. The molecule has 0 bridgehead atoms. The maximum atomic E-state index is 11.9. The zero-order chi connectivity index (χ0) is 14.4. The van der Waals surface area contributed by atoms with Gasteiger partial charge in [0, 0.05) is 31.9 Å². The van der Waals surface area contributed by atoms with Crippen molar-refractivity contribution in [3.8, 4) is 0 Å². The van der Waals surface area contributed by atoms with Crippen LogP contribution in [-0.2, 0) is 14.8 Å². The molecule has 7 nitrogen and oxygen atoms in total. The van der Waals surface area contributed by atoms with Gasteiger partial charge in [-0.15, -0.1) is 0 Å². The molecule has 0 amide bonds. The number of sulfonamides is 1. The van der Waals surface area contributed by atoms with Gasteiger partial charge >= 0.3 is 0 Å². The summed E-state index contributed by atoms with van der Waals surface area (Å²) in [4.78, 5) is 15.6. The van der Waals surface area contributed by atoms with Gasteiger partial charge in [0.2, 0.25) is 15.6 Å². The second-order valence-corrected chi connectivity index (χ2v) is 6.36. The first-order chi connectivity index (χ1) is 9.58. The molecular weight excluding hydrogens is 282 g/mol. The van der Waals surface area contributed by atoms with E-state index in [-0.39, 0.29) is 10.5 Å². The van der Waals surface area contributed by atoms with E-state index in [2.05, 4.69) is 14.6 Å². The van der Waals surface area contributed by atoms with Crippen molar-refractivity contribution in [1.82, 2.24) is 14.6 Å². The average Bonchev–Trinajstić information content (AvgIpc) is 2.45. The Labute approximate surface area is 118 Å². The summed E-state index contributed by atoms with van der Waals surface area (Å²) in [6, 6.07) is 2.49. The molecule has 1 aliphatic rings. The Morgan fingerprint density at radius 2 is 2.05 bits per heavy atom. The van der Waals surface area contributed by atoms with Crippen molar-refractivity contribution in [1.29, 1.82) is 0 Å². The van der Waals surface area contributed by atoms with Gasteiger partial charge in [-0.05, 0) is 19.0 Å². The van der Waals surface area contributed by atoms with Crippen LogP contribution in [0.5, 0.6) is 0 Å². The van der Waals surface area contributed by atoms with Crippen LogP contribution >= 0.6 is 0 Å². The molecule has 1 saturated heterocycles. The topological polar surface area (TPSA) is 91.5 Å². The van der Waals surface area contributed by atoms with E-state index < -0.39 is 10.0 Å². The number of hydrogen-bond acceptors (Lipinski definition) is 5. The summed E-state index contributed by atoms with van der Waals surface area (Å²) < 4.78 is 31.6. The quantitative estimate of drug-likeness (QED) is 0.683. The molecule has 2 N–H and O–H groups in total. The van der Waals surface area contributed by atoms with Crippen molar-refractivity contribution in [2.24, 2.45) is 0 Å². The van der Waals surface area contributed by atoms with E-state index >= 15 is 0 Å². The normalized spacial score (nSPS) is 17.2. The van der Waals surface area contributed by atoms with Crippen molar-refractivity contribution in [3.05, 3.63) is 28.7 Å². The Hall–Kier alpha value is -1.22. The van der Waals surface area contributed by atoms with Gasteiger partial charge in [0.25, 0.3) is 0 Å². The monoisotopic (exact) mass is 301 g/mol. The summed E-state index contributed by atoms with van der Waals surface area (Å²) in [6.07, 6.45) is 1.94. The van der Waals surface area contributed by atoms with E-state index in [4.69, 9.17) is 4.74 Å². The molecule has 1 aromatic rings. The lowest BCUT2D eigenvalue weighted by atomic mass is 10.3. The first-order valence-electron chi connectivity index (χ1n) is 6.56. The van der Waals surface area contributed by atoms with E-state index in [1.807, 2.05) is 0 Å². The fourth-order valence-corrected chi connectivity index (χ4v) is 3.02. The molecule has 2 rings (SSSR count). The number of nitrogens with one attached hydrogen (secondary N) is 2. The van der Waals surface area contributed by atoms with Gasteiger partial charge in [0.1, 0.15) is 0 Å². The maximum absolute atomic E-state index is 11.9. The molecule has 0 unspecified atom stereocenters. The molecule has 0 spiro atoms. The lowest BCUT2D eigenvalue weighted by Crippen LogP contribution is -2.38. The Kier molecular flexibility index (Phi) is 5.30. The van der Waals surface area contributed by atoms with Crippen LogP contribution in [0.15, 0.2) is 28.0 Å². The number of hydrogen-bond donors (Lipinski definition) is 2. The highest BCUT2D eigenvalue weighted by atomic mass is 32.2. The molecule has 0 radical (unpaired) electrons. The minimum Gasteiger partial charge on any atom is -0.379 e. The number of rotatable bonds is 6. The predicted octanol–water partition coefficient (Wildman–Crippen LogP) is -0.624. The third kappa shape index (κ3) is 4.41. The fraction of sp³-hybridized carbons (Fsp3) is 0.583. The number of nitrogens with zero attached hydrogens (tertiary/aromatic N) is 1. The summed E-state index contributed by atoms with van der Waals surface area (Å²) in [5, 5.41) is 0. The van der Waals surface area contributed by atoms with Crippen LogP contribution in [0.2, 0.25) is 0 Å². The van der Waals surface area contributed by atoms with Crippen LogP contribution in [-0.4, -0.2) is 57.7 Å². The van der Waals surface area contributed by atoms with Gasteiger partial charge < -0.3 is 9.72 Å².